The Labute approximate surface area is 128 Å². The summed E-state index contributed by atoms with van der Waals surface area (Å²) in [4.78, 5) is 34.6. The second-order valence-corrected chi connectivity index (χ2v) is 4.69. The molecule has 0 fully saturated rings. The zero-order valence-electron chi connectivity index (χ0n) is 12.5. The van der Waals surface area contributed by atoms with Crippen LogP contribution in [-0.2, 0) is 19.1 Å². The third-order valence-electron chi connectivity index (χ3n) is 2.97. The molecule has 0 unspecified atom stereocenters. The van der Waals surface area contributed by atoms with Crippen LogP contribution in [0.15, 0.2) is 30.3 Å². The van der Waals surface area contributed by atoms with Crippen LogP contribution in [0.4, 0.5) is 0 Å². The lowest BCUT2D eigenvalue weighted by atomic mass is 10.0. The van der Waals surface area contributed by atoms with E-state index in [0.717, 1.165) is 5.56 Å². The van der Waals surface area contributed by atoms with Crippen LogP contribution in [-0.4, -0.2) is 42.6 Å². The molecule has 7 heteroatoms. The first-order chi connectivity index (χ1) is 10.5. The van der Waals surface area contributed by atoms with E-state index in [-0.39, 0.29) is 12.3 Å². The normalized spacial score (nSPS) is 12.9. The van der Waals surface area contributed by atoms with E-state index in [1.165, 1.54) is 14.0 Å². The van der Waals surface area contributed by atoms with Crippen LogP contribution in [0.2, 0.25) is 0 Å². The van der Waals surface area contributed by atoms with Crippen LogP contribution in [0.3, 0.4) is 0 Å². The highest BCUT2D eigenvalue weighted by molar-refractivity contribution is 5.85. The van der Waals surface area contributed by atoms with Gasteiger partial charge in [-0.1, -0.05) is 30.3 Å². The van der Waals surface area contributed by atoms with Gasteiger partial charge in [-0.25, -0.2) is 4.79 Å². The van der Waals surface area contributed by atoms with Crippen LogP contribution < -0.4 is 10.6 Å². The molecule has 0 radical (unpaired) electrons. The lowest BCUT2D eigenvalue weighted by molar-refractivity contribution is -0.146. The summed E-state index contributed by atoms with van der Waals surface area (Å²) in [7, 11) is 1.17. The number of hydrogen-bond donors (Lipinski definition) is 3. The topological polar surface area (TPSA) is 105 Å². The van der Waals surface area contributed by atoms with Gasteiger partial charge in [-0.3, -0.25) is 9.59 Å². The van der Waals surface area contributed by atoms with Gasteiger partial charge in [-0.15, -0.1) is 0 Å². The number of carbonyl (C=O) groups is 3. The fourth-order valence-electron chi connectivity index (χ4n) is 1.94. The molecular weight excluding hydrogens is 288 g/mol. The molecule has 0 bridgehead atoms. The number of hydrogen-bond acceptors (Lipinski definition) is 5. The molecule has 0 saturated heterocycles. The molecule has 1 rings (SSSR count). The predicted molar refractivity (Wildman–Crippen MR) is 78.6 cm³/mol. The number of aliphatic hydroxyl groups excluding tert-OH is 1. The minimum absolute atomic E-state index is 0.0584. The molecular formula is C15H20N2O5. The number of nitrogens with one attached hydrogen (secondary N) is 2. The van der Waals surface area contributed by atoms with Gasteiger partial charge in [0.1, 0.15) is 0 Å². The zero-order chi connectivity index (χ0) is 16.5. The number of rotatable bonds is 7. The number of benzene rings is 1. The van der Waals surface area contributed by atoms with Crippen molar-refractivity contribution >= 4 is 17.8 Å². The molecule has 0 heterocycles. The lowest BCUT2D eigenvalue weighted by Gasteiger charge is -2.20. The van der Waals surface area contributed by atoms with Gasteiger partial charge in [0.25, 0.3) is 0 Å². The van der Waals surface area contributed by atoms with Gasteiger partial charge < -0.3 is 20.5 Å². The van der Waals surface area contributed by atoms with Crippen LogP contribution >= 0.6 is 0 Å². The molecule has 2 amide bonds. The van der Waals surface area contributed by atoms with Crippen molar-refractivity contribution in [2.75, 3.05) is 13.7 Å². The van der Waals surface area contributed by atoms with E-state index < -0.39 is 30.6 Å². The smallest absolute Gasteiger partial charge is 0.330 e. The molecule has 120 valence electrons. The summed E-state index contributed by atoms with van der Waals surface area (Å²) < 4.78 is 4.47. The summed E-state index contributed by atoms with van der Waals surface area (Å²) in [5, 5.41) is 14.1. The number of methoxy groups -OCH3 is 1. The zero-order valence-corrected chi connectivity index (χ0v) is 12.5. The van der Waals surface area contributed by atoms with E-state index in [9.17, 15) is 14.4 Å². The predicted octanol–water partition coefficient (Wildman–Crippen LogP) is -0.0960. The van der Waals surface area contributed by atoms with Gasteiger partial charge in [-0.2, -0.15) is 0 Å². The monoisotopic (exact) mass is 308 g/mol. The van der Waals surface area contributed by atoms with Gasteiger partial charge in [0.05, 0.1) is 26.2 Å². The van der Waals surface area contributed by atoms with E-state index in [2.05, 4.69) is 15.4 Å². The quantitative estimate of drug-likeness (QED) is 0.610. The Balaban J connectivity index is 2.75. The van der Waals surface area contributed by atoms with Crippen molar-refractivity contribution in [2.24, 2.45) is 0 Å². The fourth-order valence-corrected chi connectivity index (χ4v) is 1.94. The van der Waals surface area contributed by atoms with Crippen molar-refractivity contribution in [3.8, 4) is 0 Å². The summed E-state index contributed by atoms with van der Waals surface area (Å²) in [6.45, 7) is 0.799. The molecule has 2 atom stereocenters. The number of amides is 2. The first kappa shape index (κ1) is 17.6. The number of esters is 1. The van der Waals surface area contributed by atoms with E-state index in [0.29, 0.717) is 0 Å². The SMILES string of the molecule is COC(=O)[C@@H](CO)NC(=O)C[C@H](NC(C)=O)c1ccccc1. The van der Waals surface area contributed by atoms with Crippen molar-refractivity contribution in [1.29, 1.82) is 0 Å². The Kier molecular flexibility index (Phi) is 7.04. The average Bonchev–Trinajstić information content (AvgIpc) is 2.51. The minimum atomic E-state index is -1.12. The summed E-state index contributed by atoms with van der Waals surface area (Å²) in [6.07, 6.45) is -0.0584. The number of carbonyl (C=O) groups excluding carboxylic acids is 3. The van der Waals surface area contributed by atoms with E-state index >= 15 is 0 Å². The van der Waals surface area contributed by atoms with Crippen LogP contribution in [0.1, 0.15) is 24.9 Å². The van der Waals surface area contributed by atoms with Crippen LogP contribution in [0.25, 0.3) is 0 Å². The Bertz CT molecular complexity index is 518. The Morgan fingerprint density at radius 2 is 1.82 bits per heavy atom. The van der Waals surface area contributed by atoms with Gasteiger partial charge in [0.15, 0.2) is 6.04 Å². The molecule has 0 spiro atoms. The van der Waals surface area contributed by atoms with Crippen LogP contribution in [0, 0.1) is 0 Å². The highest BCUT2D eigenvalue weighted by atomic mass is 16.5. The summed E-state index contributed by atoms with van der Waals surface area (Å²) in [5.74, 6) is -1.48. The number of aliphatic hydroxyl groups is 1. The highest BCUT2D eigenvalue weighted by Gasteiger charge is 2.23. The fraction of sp³-hybridized carbons (Fsp3) is 0.400. The van der Waals surface area contributed by atoms with Gasteiger partial charge in [0, 0.05) is 6.92 Å². The molecule has 22 heavy (non-hydrogen) atoms. The van der Waals surface area contributed by atoms with Gasteiger partial charge in [0.2, 0.25) is 11.8 Å². The second-order valence-electron chi connectivity index (χ2n) is 4.69. The maximum absolute atomic E-state index is 12.0. The summed E-state index contributed by atoms with van der Waals surface area (Å²) >= 11 is 0. The van der Waals surface area contributed by atoms with E-state index in [4.69, 9.17) is 5.11 Å². The van der Waals surface area contributed by atoms with Crippen molar-refractivity contribution in [3.05, 3.63) is 35.9 Å². The third-order valence-corrected chi connectivity index (χ3v) is 2.97. The molecule has 7 nitrogen and oxygen atoms in total. The first-order valence-corrected chi connectivity index (χ1v) is 6.78. The standard InChI is InChI=1S/C15H20N2O5/c1-10(19)16-12(11-6-4-3-5-7-11)8-14(20)17-13(9-18)15(21)22-2/h3-7,12-13,18H,8-9H2,1-2H3,(H,16,19)(H,17,20)/t12-,13+/m0/s1. The molecule has 0 saturated carbocycles. The van der Waals surface area contributed by atoms with Crippen molar-refractivity contribution in [3.63, 3.8) is 0 Å². The molecule has 0 aliphatic carbocycles. The molecule has 3 N–H and O–H groups in total. The van der Waals surface area contributed by atoms with Gasteiger partial charge in [-0.05, 0) is 5.56 Å². The Hall–Kier alpha value is -2.41. The summed E-state index contributed by atoms with van der Waals surface area (Å²) in [5.41, 5.74) is 0.770. The Morgan fingerprint density at radius 3 is 2.32 bits per heavy atom. The lowest BCUT2D eigenvalue weighted by Crippen LogP contribution is -2.45. The van der Waals surface area contributed by atoms with Gasteiger partial charge >= 0.3 is 5.97 Å². The third kappa shape index (κ3) is 5.53. The van der Waals surface area contributed by atoms with E-state index in [1.54, 1.807) is 24.3 Å². The molecule has 1 aromatic rings. The van der Waals surface area contributed by atoms with Crippen molar-refractivity contribution in [2.45, 2.75) is 25.4 Å². The maximum Gasteiger partial charge on any atom is 0.330 e. The highest BCUT2D eigenvalue weighted by Crippen LogP contribution is 2.16. The van der Waals surface area contributed by atoms with E-state index in [1.807, 2.05) is 6.07 Å². The second kappa shape index (κ2) is 8.78. The Morgan fingerprint density at radius 1 is 1.18 bits per heavy atom. The largest absolute Gasteiger partial charge is 0.467 e. The average molecular weight is 308 g/mol. The molecule has 0 aliphatic rings. The minimum Gasteiger partial charge on any atom is -0.467 e. The maximum atomic E-state index is 12.0. The first-order valence-electron chi connectivity index (χ1n) is 6.78. The molecule has 0 aromatic heterocycles. The molecule has 0 aliphatic heterocycles. The van der Waals surface area contributed by atoms with Crippen LogP contribution in [0.5, 0.6) is 0 Å². The van der Waals surface area contributed by atoms with Crippen molar-refractivity contribution in [1.82, 2.24) is 10.6 Å². The van der Waals surface area contributed by atoms with Crippen molar-refractivity contribution < 1.29 is 24.2 Å². The molecule has 1 aromatic carbocycles. The number of ether oxygens (including phenoxy) is 1. The summed E-state index contributed by atoms with van der Waals surface area (Å²) in [6, 6.07) is 7.37.